The van der Waals surface area contributed by atoms with Gasteiger partial charge in [-0.05, 0) is 50.8 Å². The normalized spacial score (nSPS) is 18.8. The molecule has 3 aromatic rings. The number of carbonyl (C=O) groups is 1. The monoisotopic (exact) mass is 515 g/mol. The molecule has 1 fully saturated rings. The number of amidine groups is 1. The highest BCUT2D eigenvalue weighted by Crippen LogP contribution is 2.31. The molecule has 2 aromatic heterocycles. The second-order valence-electron chi connectivity index (χ2n) is 8.77. The van der Waals surface area contributed by atoms with Gasteiger partial charge in [0, 0.05) is 53.9 Å². The van der Waals surface area contributed by atoms with E-state index in [-0.39, 0.29) is 40.2 Å². The molecule has 4 N–H and O–H groups in total. The summed E-state index contributed by atoms with van der Waals surface area (Å²) in [5.41, 5.74) is 1.34. The number of aromatic amines is 1. The number of H-pyrrole nitrogens is 1. The second-order valence-corrected chi connectivity index (χ2v) is 9.20. The number of rotatable bonds is 6. The molecule has 8 nitrogen and oxygen atoms in total. The molecule has 2 atom stereocenters. The average molecular weight is 516 g/mol. The summed E-state index contributed by atoms with van der Waals surface area (Å²) in [7, 11) is 3.39. The lowest BCUT2D eigenvalue weighted by Gasteiger charge is -2.30. The largest absolute Gasteiger partial charge is 0.373 e. The summed E-state index contributed by atoms with van der Waals surface area (Å²) in [6, 6.07) is 2.68. The molecule has 0 aliphatic heterocycles. The van der Waals surface area contributed by atoms with E-state index in [1.807, 2.05) is 0 Å². The van der Waals surface area contributed by atoms with Crippen molar-refractivity contribution in [3.8, 4) is 11.4 Å². The van der Waals surface area contributed by atoms with Crippen LogP contribution < -0.4 is 16.0 Å². The van der Waals surface area contributed by atoms with Gasteiger partial charge in [-0.2, -0.15) is 0 Å². The average Bonchev–Trinajstić information content (AvgIpc) is 3.28. The van der Waals surface area contributed by atoms with Crippen molar-refractivity contribution in [3.05, 3.63) is 52.8 Å². The number of benzene rings is 1. The number of nitrogens with one attached hydrogen (secondary N) is 4. The lowest BCUT2D eigenvalue weighted by atomic mass is 9.90. The highest BCUT2D eigenvalue weighted by Gasteiger charge is 2.25. The van der Waals surface area contributed by atoms with E-state index in [2.05, 4.69) is 35.9 Å². The van der Waals surface area contributed by atoms with Crippen LogP contribution in [0.3, 0.4) is 0 Å². The molecule has 4 rings (SSSR count). The van der Waals surface area contributed by atoms with Crippen LogP contribution in [0.25, 0.3) is 22.3 Å². The molecule has 1 aliphatic rings. The van der Waals surface area contributed by atoms with Gasteiger partial charge in [0.2, 0.25) is 5.91 Å². The first-order valence-corrected chi connectivity index (χ1v) is 12.1. The van der Waals surface area contributed by atoms with Crippen LogP contribution in [0.5, 0.6) is 0 Å². The number of carbonyl (C=O) groups excluding carboxylic acids is 1. The smallest absolute Gasteiger partial charge is 0.247 e. The fourth-order valence-electron chi connectivity index (χ4n) is 4.40. The third kappa shape index (κ3) is 5.64. The van der Waals surface area contributed by atoms with Crippen molar-refractivity contribution in [1.29, 1.82) is 0 Å². The fourth-order valence-corrected chi connectivity index (χ4v) is 4.61. The van der Waals surface area contributed by atoms with Crippen molar-refractivity contribution in [2.45, 2.75) is 44.7 Å². The Labute approximate surface area is 212 Å². The van der Waals surface area contributed by atoms with Crippen LogP contribution in [0.4, 0.5) is 14.6 Å². The van der Waals surface area contributed by atoms with Crippen LogP contribution in [-0.2, 0) is 4.79 Å². The number of likely N-dealkylation sites (N-methyl/N-ethyl adjacent to an activating group) is 1. The first-order chi connectivity index (χ1) is 17.3. The number of hydrogen-bond donors (Lipinski definition) is 4. The Balaban J connectivity index is 1.48. The van der Waals surface area contributed by atoms with E-state index < -0.39 is 11.6 Å². The highest BCUT2D eigenvalue weighted by atomic mass is 35.5. The summed E-state index contributed by atoms with van der Waals surface area (Å²) >= 11 is 6.02. The number of aliphatic imine (C=N–C) groups is 1. The molecule has 1 amide bonds. The minimum Gasteiger partial charge on any atom is -0.373 e. The first kappa shape index (κ1) is 25.6. The van der Waals surface area contributed by atoms with Crippen molar-refractivity contribution in [2.24, 2.45) is 4.99 Å². The van der Waals surface area contributed by atoms with E-state index in [1.54, 1.807) is 39.4 Å². The summed E-state index contributed by atoms with van der Waals surface area (Å²) in [6.07, 6.45) is 7.48. The Bertz CT molecular complexity index is 1340. The van der Waals surface area contributed by atoms with E-state index in [4.69, 9.17) is 11.6 Å². The zero-order valence-corrected chi connectivity index (χ0v) is 21.0. The molecular weight excluding hydrogens is 488 g/mol. The van der Waals surface area contributed by atoms with Crippen molar-refractivity contribution in [3.63, 3.8) is 0 Å². The summed E-state index contributed by atoms with van der Waals surface area (Å²) in [5.74, 6) is -0.340. The number of hydrogen-bond acceptors (Lipinski definition) is 5. The lowest BCUT2D eigenvalue weighted by Crippen LogP contribution is -2.42. The van der Waals surface area contributed by atoms with Crippen LogP contribution in [0.15, 0.2) is 41.2 Å². The van der Waals surface area contributed by atoms with Gasteiger partial charge in [-0.15, -0.1) is 0 Å². The van der Waals surface area contributed by atoms with E-state index in [9.17, 15) is 13.6 Å². The van der Waals surface area contributed by atoms with E-state index in [0.717, 1.165) is 25.5 Å². The van der Waals surface area contributed by atoms with Crippen molar-refractivity contribution in [2.75, 3.05) is 19.4 Å². The van der Waals surface area contributed by atoms with Gasteiger partial charge in [-0.1, -0.05) is 11.6 Å². The van der Waals surface area contributed by atoms with Gasteiger partial charge in [0.15, 0.2) is 17.5 Å². The SMILES string of the molecule is CN=C(/C=C(\C)C(=O)N[C@@H]1CCC[C@H](Nc2nc(-c3c[nH]c4c(F)cc(Cl)cc34)ncc2F)C1)NC. The Kier molecular flexibility index (Phi) is 7.83. The van der Waals surface area contributed by atoms with Gasteiger partial charge in [-0.3, -0.25) is 9.79 Å². The standard InChI is InChI=1S/C25H28ClF2N7O/c1-13(7-21(29-2)30-3)25(36)34-16-6-4-5-15(10-16)33-24-20(28)12-32-23(35-24)18-11-31-22-17(18)8-14(26)9-19(22)27/h7-9,11-12,15-16,31H,4-6,10H2,1-3H3,(H,29,30)(H,34,36)(H,32,33,35)/b13-7+/t15-,16+/m0/s1. The quantitative estimate of drug-likeness (QED) is 0.218. The number of anilines is 1. The summed E-state index contributed by atoms with van der Waals surface area (Å²) in [6.45, 7) is 1.73. The van der Waals surface area contributed by atoms with E-state index >= 15 is 0 Å². The molecule has 0 spiro atoms. The Morgan fingerprint density at radius 2 is 2.03 bits per heavy atom. The predicted octanol–water partition coefficient (Wildman–Crippen LogP) is 4.59. The predicted molar refractivity (Wildman–Crippen MR) is 138 cm³/mol. The molecule has 1 aliphatic carbocycles. The highest BCUT2D eigenvalue weighted by molar-refractivity contribution is 6.31. The van der Waals surface area contributed by atoms with Crippen LogP contribution in [-0.4, -0.2) is 52.9 Å². The van der Waals surface area contributed by atoms with Gasteiger partial charge in [0.25, 0.3) is 0 Å². The molecule has 1 aromatic carbocycles. The third-order valence-electron chi connectivity index (χ3n) is 6.25. The third-order valence-corrected chi connectivity index (χ3v) is 6.47. The molecule has 0 unspecified atom stereocenters. The Morgan fingerprint density at radius 1 is 1.25 bits per heavy atom. The zero-order chi connectivity index (χ0) is 25.8. The Hall–Kier alpha value is -3.53. The number of halogens is 3. The maximum Gasteiger partial charge on any atom is 0.247 e. The van der Waals surface area contributed by atoms with E-state index in [0.29, 0.717) is 28.8 Å². The molecular formula is C25H28ClF2N7O. The minimum atomic E-state index is -0.591. The topological polar surface area (TPSA) is 107 Å². The van der Waals surface area contributed by atoms with Crippen molar-refractivity contribution < 1.29 is 13.6 Å². The first-order valence-electron chi connectivity index (χ1n) is 11.7. The maximum atomic E-state index is 14.6. The summed E-state index contributed by atoms with van der Waals surface area (Å²) < 4.78 is 28.9. The van der Waals surface area contributed by atoms with Gasteiger partial charge in [-0.25, -0.2) is 18.7 Å². The number of amides is 1. The molecule has 0 saturated heterocycles. The van der Waals surface area contributed by atoms with Crippen LogP contribution in [0.2, 0.25) is 5.02 Å². The van der Waals surface area contributed by atoms with Crippen LogP contribution in [0, 0.1) is 11.6 Å². The van der Waals surface area contributed by atoms with Crippen molar-refractivity contribution in [1.82, 2.24) is 25.6 Å². The number of aromatic nitrogens is 3. The molecule has 11 heteroatoms. The van der Waals surface area contributed by atoms with Gasteiger partial charge < -0.3 is 20.9 Å². The number of nitrogens with zero attached hydrogens (tertiary/aromatic N) is 3. The number of fused-ring (bicyclic) bond motifs is 1. The lowest BCUT2D eigenvalue weighted by molar-refractivity contribution is -0.118. The molecule has 0 radical (unpaired) electrons. The minimum absolute atomic E-state index is 0.0581. The van der Waals surface area contributed by atoms with E-state index in [1.165, 1.54) is 6.07 Å². The Morgan fingerprint density at radius 3 is 2.78 bits per heavy atom. The van der Waals surface area contributed by atoms with Crippen LogP contribution in [0.1, 0.15) is 32.6 Å². The van der Waals surface area contributed by atoms with Gasteiger partial charge in [0.05, 0.1) is 11.7 Å². The van der Waals surface area contributed by atoms with Gasteiger partial charge in [0.1, 0.15) is 11.7 Å². The molecule has 2 heterocycles. The fraction of sp³-hybridized carbons (Fsp3) is 0.360. The van der Waals surface area contributed by atoms with Crippen molar-refractivity contribution >= 4 is 40.1 Å². The molecule has 190 valence electrons. The van der Waals surface area contributed by atoms with Crippen LogP contribution >= 0.6 is 11.6 Å². The zero-order valence-electron chi connectivity index (χ0n) is 20.3. The molecule has 1 saturated carbocycles. The maximum absolute atomic E-state index is 14.6. The summed E-state index contributed by atoms with van der Waals surface area (Å²) in [4.78, 5) is 28.0. The molecule has 0 bridgehead atoms. The summed E-state index contributed by atoms with van der Waals surface area (Å²) in [5, 5.41) is 9.90. The second kappa shape index (κ2) is 11.0. The molecule has 36 heavy (non-hydrogen) atoms. The van der Waals surface area contributed by atoms with Gasteiger partial charge >= 0.3 is 0 Å².